The Hall–Kier alpha value is -1.78. The molecule has 1 aromatic heterocycles. The predicted molar refractivity (Wildman–Crippen MR) is 72.0 cm³/mol. The van der Waals surface area contributed by atoms with Gasteiger partial charge < -0.3 is 14.2 Å². The average Bonchev–Trinajstić information content (AvgIpc) is 2.31. The Bertz CT molecular complexity index is 555. The van der Waals surface area contributed by atoms with Crippen LogP contribution in [0.2, 0.25) is 0 Å². The van der Waals surface area contributed by atoms with Crippen molar-refractivity contribution in [1.29, 1.82) is 0 Å². The zero-order chi connectivity index (χ0) is 14.2. The Kier molecular flexibility index (Phi) is 3.39. The molecule has 0 spiro atoms. The average molecular weight is 264 g/mol. The monoisotopic (exact) mass is 264 g/mol. The van der Waals surface area contributed by atoms with Gasteiger partial charge in [-0.2, -0.15) is 0 Å². The van der Waals surface area contributed by atoms with Crippen molar-refractivity contribution < 1.29 is 9.53 Å². The summed E-state index contributed by atoms with van der Waals surface area (Å²) in [4.78, 5) is 25.3. The third-order valence-electron chi connectivity index (χ3n) is 3.18. The quantitative estimate of drug-likeness (QED) is 0.716. The number of hydrogen-bond donors (Lipinski definition) is 0. The van der Waals surface area contributed by atoms with Crippen LogP contribution in [-0.4, -0.2) is 27.7 Å². The molecule has 5 heteroatoms. The van der Waals surface area contributed by atoms with E-state index in [1.807, 2.05) is 26.8 Å². The van der Waals surface area contributed by atoms with Crippen LogP contribution in [0.4, 0.5) is 4.79 Å². The highest BCUT2D eigenvalue weighted by Crippen LogP contribution is 2.19. The van der Waals surface area contributed by atoms with Crippen molar-refractivity contribution in [3.63, 3.8) is 0 Å². The van der Waals surface area contributed by atoms with E-state index in [9.17, 15) is 9.59 Å². The number of fused-ring (bicyclic) bond motifs is 1. The normalized spacial score (nSPS) is 15.1. The number of nitrogens with zero attached hydrogens (tertiary/aromatic N) is 2. The first kappa shape index (κ1) is 13.6. The van der Waals surface area contributed by atoms with Crippen molar-refractivity contribution >= 4 is 6.09 Å². The van der Waals surface area contributed by atoms with Gasteiger partial charge in [0.25, 0.3) is 5.56 Å². The lowest BCUT2D eigenvalue weighted by Gasteiger charge is -2.31. The van der Waals surface area contributed by atoms with E-state index in [2.05, 4.69) is 0 Å². The molecule has 1 amide bonds. The fourth-order valence-electron chi connectivity index (χ4n) is 2.16. The molecule has 0 unspecified atom stereocenters. The molecule has 104 valence electrons. The zero-order valence-corrected chi connectivity index (χ0v) is 11.9. The summed E-state index contributed by atoms with van der Waals surface area (Å²) in [6.07, 6.45) is 0.428. The van der Waals surface area contributed by atoms with Gasteiger partial charge in [-0.25, -0.2) is 4.79 Å². The van der Waals surface area contributed by atoms with Crippen molar-refractivity contribution in [3.8, 4) is 0 Å². The van der Waals surface area contributed by atoms with E-state index in [4.69, 9.17) is 4.74 Å². The highest BCUT2D eigenvalue weighted by molar-refractivity contribution is 5.68. The van der Waals surface area contributed by atoms with E-state index in [0.717, 1.165) is 17.7 Å². The molecular formula is C14H20N2O3. The summed E-state index contributed by atoms with van der Waals surface area (Å²) >= 11 is 0. The van der Waals surface area contributed by atoms with Gasteiger partial charge in [-0.15, -0.1) is 0 Å². The van der Waals surface area contributed by atoms with Gasteiger partial charge in [-0.1, -0.05) is 6.07 Å². The smallest absolute Gasteiger partial charge is 0.410 e. The summed E-state index contributed by atoms with van der Waals surface area (Å²) in [6, 6.07) is 3.42. The number of pyridine rings is 1. The molecule has 0 aliphatic carbocycles. The van der Waals surface area contributed by atoms with Crippen molar-refractivity contribution in [2.45, 2.75) is 39.3 Å². The molecule has 5 nitrogen and oxygen atoms in total. The SMILES string of the molecule is Cn1c2c(ccc1=O)CCN(C(=O)OC(C)(C)C)C2. The number of hydrogen-bond acceptors (Lipinski definition) is 3. The molecular weight excluding hydrogens is 244 g/mol. The van der Waals surface area contributed by atoms with Crippen molar-refractivity contribution in [2.75, 3.05) is 6.54 Å². The minimum atomic E-state index is -0.500. The Morgan fingerprint density at radius 1 is 1.32 bits per heavy atom. The second kappa shape index (κ2) is 4.72. The number of rotatable bonds is 0. The minimum Gasteiger partial charge on any atom is -0.444 e. The molecule has 0 radical (unpaired) electrons. The van der Waals surface area contributed by atoms with Crippen LogP contribution >= 0.6 is 0 Å². The fourth-order valence-corrected chi connectivity index (χ4v) is 2.16. The summed E-state index contributed by atoms with van der Waals surface area (Å²) in [7, 11) is 1.74. The Balaban J connectivity index is 2.20. The third-order valence-corrected chi connectivity index (χ3v) is 3.18. The summed E-state index contributed by atoms with van der Waals surface area (Å²) in [5.74, 6) is 0. The highest BCUT2D eigenvalue weighted by Gasteiger charge is 2.26. The van der Waals surface area contributed by atoms with Gasteiger partial charge in [0, 0.05) is 25.4 Å². The van der Waals surface area contributed by atoms with Gasteiger partial charge in [0.15, 0.2) is 0 Å². The lowest BCUT2D eigenvalue weighted by molar-refractivity contribution is 0.0218. The lowest BCUT2D eigenvalue weighted by atomic mass is 10.1. The first-order valence-electron chi connectivity index (χ1n) is 6.43. The maximum absolute atomic E-state index is 12.0. The van der Waals surface area contributed by atoms with Crippen molar-refractivity contribution in [1.82, 2.24) is 9.47 Å². The second-order valence-electron chi connectivity index (χ2n) is 5.85. The number of ether oxygens (including phenoxy) is 1. The Morgan fingerprint density at radius 2 is 2.00 bits per heavy atom. The molecule has 0 fully saturated rings. The molecule has 0 N–H and O–H groups in total. The van der Waals surface area contributed by atoms with E-state index in [1.54, 1.807) is 22.6 Å². The van der Waals surface area contributed by atoms with Gasteiger partial charge in [-0.05, 0) is 32.8 Å². The Labute approximate surface area is 112 Å². The molecule has 1 aliphatic rings. The lowest BCUT2D eigenvalue weighted by Crippen LogP contribution is -2.41. The predicted octanol–water partition coefficient (Wildman–Crippen LogP) is 1.68. The summed E-state index contributed by atoms with van der Waals surface area (Å²) < 4.78 is 6.96. The molecule has 1 aliphatic heterocycles. The minimum absolute atomic E-state index is 0.0511. The first-order chi connectivity index (χ1) is 8.78. The molecule has 0 bridgehead atoms. The van der Waals surface area contributed by atoms with Crippen LogP contribution in [0.15, 0.2) is 16.9 Å². The fraction of sp³-hybridized carbons (Fsp3) is 0.571. The number of carbonyl (C=O) groups excluding carboxylic acids is 1. The van der Waals surface area contributed by atoms with Crippen LogP contribution in [0.25, 0.3) is 0 Å². The largest absolute Gasteiger partial charge is 0.444 e. The van der Waals surface area contributed by atoms with E-state index >= 15 is 0 Å². The van der Waals surface area contributed by atoms with E-state index in [-0.39, 0.29) is 11.7 Å². The first-order valence-corrected chi connectivity index (χ1v) is 6.43. The van der Waals surface area contributed by atoms with E-state index in [0.29, 0.717) is 13.1 Å². The van der Waals surface area contributed by atoms with Crippen LogP contribution in [0, 0.1) is 0 Å². The summed E-state index contributed by atoms with van der Waals surface area (Å²) in [6.45, 7) is 6.59. The standard InChI is InChI=1S/C14H20N2O3/c1-14(2,3)19-13(18)16-8-7-10-5-6-12(17)15(4)11(10)9-16/h5-6H,7-9H2,1-4H3. The second-order valence-corrected chi connectivity index (χ2v) is 5.85. The van der Waals surface area contributed by atoms with Crippen molar-refractivity contribution in [3.05, 3.63) is 33.7 Å². The molecule has 0 atom stereocenters. The topological polar surface area (TPSA) is 51.5 Å². The third kappa shape index (κ3) is 2.97. The maximum Gasteiger partial charge on any atom is 0.410 e. The number of carbonyl (C=O) groups is 1. The maximum atomic E-state index is 12.0. The molecule has 0 saturated heterocycles. The van der Waals surface area contributed by atoms with E-state index in [1.165, 1.54) is 0 Å². The van der Waals surface area contributed by atoms with Crippen molar-refractivity contribution in [2.24, 2.45) is 7.05 Å². The summed E-state index contributed by atoms with van der Waals surface area (Å²) in [5, 5.41) is 0. The zero-order valence-electron chi connectivity index (χ0n) is 11.9. The van der Waals surface area contributed by atoms with Crippen LogP contribution in [-0.2, 0) is 24.8 Å². The molecule has 0 saturated carbocycles. The van der Waals surface area contributed by atoms with Gasteiger partial charge >= 0.3 is 6.09 Å². The van der Waals surface area contributed by atoms with Crippen LogP contribution in [0.5, 0.6) is 0 Å². The Morgan fingerprint density at radius 3 is 2.63 bits per heavy atom. The van der Waals surface area contributed by atoms with E-state index < -0.39 is 5.60 Å². The highest BCUT2D eigenvalue weighted by atomic mass is 16.6. The van der Waals surface area contributed by atoms with Crippen LogP contribution in [0.3, 0.4) is 0 Å². The molecule has 19 heavy (non-hydrogen) atoms. The van der Waals surface area contributed by atoms with Gasteiger partial charge in [0.05, 0.1) is 6.54 Å². The number of amides is 1. The van der Waals surface area contributed by atoms with Crippen LogP contribution < -0.4 is 5.56 Å². The van der Waals surface area contributed by atoms with Gasteiger partial charge in [0.1, 0.15) is 5.60 Å². The molecule has 0 aromatic carbocycles. The summed E-state index contributed by atoms with van der Waals surface area (Å²) in [5.41, 5.74) is 1.47. The number of aromatic nitrogens is 1. The molecule has 1 aromatic rings. The van der Waals surface area contributed by atoms with Gasteiger partial charge in [-0.3, -0.25) is 4.79 Å². The molecule has 2 rings (SSSR count). The van der Waals surface area contributed by atoms with Crippen LogP contribution in [0.1, 0.15) is 32.0 Å². The van der Waals surface area contributed by atoms with Gasteiger partial charge in [0.2, 0.25) is 0 Å². The molecule has 2 heterocycles.